The first-order valence-electron chi connectivity index (χ1n) is 5.48. The number of aliphatic hydroxyl groups is 1. The summed E-state index contributed by atoms with van der Waals surface area (Å²) < 4.78 is 5.19. The Morgan fingerprint density at radius 1 is 1.47 bits per heavy atom. The van der Waals surface area contributed by atoms with E-state index in [0.29, 0.717) is 0 Å². The van der Waals surface area contributed by atoms with Gasteiger partial charge in [0.05, 0.1) is 6.10 Å². The lowest BCUT2D eigenvalue weighted by Gasteiger charge is -2.26. The van der Waals surface area contributed by atoms with Gasteiger partial charge in [0, 0.05) is 5.92 Å². The fourth-order valence-electron chi connectivity index (χ4n) is 1.93. The van der Waals surface area contributed by atoms with Crippen LogP contribution >= 0.6 is 0 Å². The van der Waals surface area contributed by atoms with E-state index in [1.54, 1.807) is 0 Å². The van der Waals surface area contributed by atoms with Crippen molar-refractivity contribution in [2.45, 2.75) is 57.8 Å². The number of hydrogen-bond donors (Lipinski definition) is 2. The Kier molecular flexibility index (Phi) is 3.73. The third-order valence-corrected chi connectivity index (χ3v) is 2.67. The Labute approximate surface area is 90.8 Å². The second-order valence-electron chi connectivity index (χ2n) is 5.22. The van der Waals surface area contributed by atoms with Crippen LogP contribution in [-0.4, -0.2) is 28.8 Å². The molecule has 1 rings (SSSR count). The lowest BCUT2D eigenvalue weighted by molar-refractivity contribution is -0.158. The summed E-state index contributed by atoms with van der Waals surface area (Å²) in [5.41, 5.74) is 5.27. The van der Waals surface area contributed by atoms with E-state index < -0.39 is 23.7 Å². The first kappa shape index (κ1) is 12.5. The smallest absolute Gasteiger partial charge is 0.323 e. The molecule has 1 saturated carbocycles. The maximum absolute atomic E-state index is 11.6. The highest BCUT2D eigenvalue weighted by molar-refractivity contribution is 5.76. The molecule has 3 atom stereocenters. The Morgan fingerprint density at radius 3 is 2.47 bits per heavy atom. The van der Waals surface area contributed by atoms with E-state index in [0.717, 1.165) is 19.3 Å². The predicted molar refractivity (Wildman–Crippen MR) is 57.2 cm³/mol. The molecule has 0 aromatic carbocycles. The van der Waals surface area contributed by atoms with Crippen LogP contribution in [0.4, 0.5) is 0 Å². The quantitative estimate of drug-likeness (QED) is 0.669. The topological polar surface area (TPSA) is 72.5 Å². The molecule has 0 spiro atoms. The van der Waals surface area contributed by atoms with Gasteiger partial charge < -0.3 is 15.6 Å². The van der Waals surface area contributed by atoms with E-state index in [-0.39, 0.29) is 5.92 Å². The van der Waals surface area contributed by atoms with Gasteiger partial charge in [0.25, 0.3) is 0 Å². The fourth-order valence-corrected chi connectivity index (χ4v) is 1.93. The summed E-state index contributed by atoms with van der Waals surface area (Å²) in [7, 11) is 0. The third kappa shape index (κ3) is 3.47. The molecule has 1 fully saturated rings. The number of hydrogen-bond acceptors (Lipinski definition) is 4. The molecule has 1 unspecified atom stereocenters. The Balaban J connectivity index is 2.52. The summed E-state index contributed by atoms with van der Waals surface area (Å²) in [4.78, 5) is 11.6. The molecule has 1 aliphatic carbocycles. The largest absolute Gasteiger partial charge is 0.459 e. The minimum Gasteiger partial charge on any atom is -0.459 e. The molecule has 1 aliphatic rings. The fraction of sp³-hybridized carbons (Fsp3) is 0.909. The molecule has 15 heavy (non-hydrogen) atoms. The van der Waals surface area contributed by atoms with Gasteiger partial charge in [0.1, 0.15) is 11.6 Å². The van der Waals surface area contributed by atoms with Crippen LogP contribution < -0.4 is 5.73 Å². The summed E-state index contributed by atoms with van der Waals surface area (Å²) in [5, 5.41) is 9.62. The summed E-state index contributed by atoms with van der Waals surface area (Å²) in [5.74, 6) is -0.548. The number of rotatable bonds is 2. The highest BCUT2D eigenvalue weighted by atomic mass is 16.6. The zero-order chi connectivity index (χ0) is 11.6. The maximum atomic E-state index is 11.6. The van der Waals surface area contributed by atoms with Crippen LogP contribution in [0, 0.1) is 5.92 Å². The van der Waals surface area contributed by atoms with Crippen molar-refractivity contribution in [3.8, 4) is 0 Å². The average molecular weight is 215 g/mol. The Morgan fingerprint density at radius 2 is 2.07 bits per heavy atom. The van der Waals surface area contributed by atoms with Gasteiger partial charge in [-0.25, -0.2) is 0 Å². The third-order valence-electron chi connectivity index (χ3n) is 2.67. The van der Waals surface area contributed by atoms with Crippen LogP contribution in [0.2, 0.25) is 0 Å². The molecule has 4 nitrogen and oxygen atoms in total. The van der Waals surface area contributed by atoms with E-state index in [9.17, 15) is 9.90 Å². The van der Waals surface area contributed by atoms with Gasteiger partial charge in [-0.15, -0.1) is 0 Å². The van der Waals surface area contributed by atoms with E-state index in [1.807, 2.05) is 20.8 Å². The van der Waals surface area contributed by atoms with Crippen LogP contribution in [0.3, 0.4) is 0 Å². The molecule has 0 saturated heterocycles. The van der Waals surface area contributed by atoms with Crippen molar-refractivity contribution in [1.82, 2.24) is 0 Å². The van der Waals surface area contributed by atoms with Crippen molar-refractivity contribution in [1.29, 1.82) is 0 Å². The van der Waals surface area contributed by atoms with Gasteiger partial charge >= 0.3 is 5.97 Å². The number of carbonyl (C=O) groups is 1. The number of esters is 1. The van der Waals surface area contributed by atoms with E-state index in [1.165, 1.54) is 0 Å². The van der Waals surface area contributed by atoms with Gasteiger partial charge in [-0.05, 0) is 33.6 Å². The van der Waals surface area contributed by atoms with Crippen LogP contribution in [0.25, 0.3) is 0 Å². The van der Waals surface area contributed by atoms with Crippen LogP contribution in [0.15, 0.2) is 0 Å². The highest BCUT2D eigenvalue weighted by Gasteiger charge is 2.36. The lowest BCUT2D eigenvalue weighted by atomic mass is 9.97. The van der Waals surface area contributed by atoms with Crippen LogP contribution in [0.5, 0.6) is 0 Å². The van der Waals surface area contributed by atoms with E-state index in [2.05, 4.69) is 0 Å². The second kappa shape index (κ2) is 4.49. The highest BCUT2D eigenvalue weighted by Crippen LogP contribution is 2.28. The summed E-state index contributed by atoms with van der Waals surface area (Å²) >= 11 is 0. The van der Waals surface area contributed by atoms with Crippen molar-refractivity contribution in [2.24, 2.45) is 11.7 Å². The lowest BCUT2D eigenvalue weighted by Crippen LogP contribution is -2.45. The van der Waals surface area contributed by atoms with Crippen molar-refractivity contribution < 1.29 is 14.6 Å². The first-order chi connectivity index (χ1) is 6.81. The van der Waals surface area contributed by atoms with Crippen molar-refractivity contribution >= 4 is 5.97 Å². The summed E-state index contributed by atoms with van der Waals surface area (Å²) in [6.45, 7) is 5.42. The van der Waals surface area contributed by atoms with Gasteiger partial charge in [0.2, 0.25) is 0 Å². The molecule has 0 amide bonds. The Hall–Kier alpha value is -0.610. The van der Waals surface area contributed by atoms with Crippen LogP contribution in [0.1, 0.15) is 40.0 Å². The molecule has 88 valence electrons. The number of aliphatic hydroxyl groups excluding tert-OH is 1. The molecule has 0 bridgehead atoms. The van der Waals surface area contributed by atoms with Gasteiger partial charge in [-0.1, -0.05) is 6.42 Å². The van der Waals surface area contributed by atoms with Crippen molar-refractivity contribution in [3.63, 3.8) is 0 Å². The molecule has 0 aromatic rings. The Bertz CT molecular complexity index is 234. The average Bonchev–Trinajstić information content (AvgIpc) is 2.47. The molecular formula is C11H21NO3. The molecule has 0 radical (unpaired) electrons. The molecular weight excluding hydrogens is 194 g/mol. The SMILES string of the molecule is CC(C)(C)OC(=O)C(N)[C@H]1CCC[C@@H]1O. The van der Waals surface area contributed by atoms with E-state index in [4.69, 9.17) is 10.5 Å². The standard InChI is InChI=1S/C11H21NO3/c1-11(2,3)15-10(14)9(12)7-5-4-6-8(7)13/h7-9,13H,4-6,12H2,1-3H3/t7-,8-,9?/m0/s1. The number of carbonyl (C=O) groups excluding carboxylic acids is 1. The normalized spacial score (nSPS) is 28.9. The van der Waals surface area contributed by atoms with Crippen molar-refractivity contribution in [3.05, 3.63) is 0 Å². The minimum absolute atomic E-state index is 0.139. The summed E-state index contributed by atoms with van der Waals surface area (Å²) in [6, 6.07) is -0.693. The number of nitrogens with two attached hydrogens (primary N) is 1. The minimum atomic E-state index is -0.693. The van der Waals surface area contributed by atoms with Gasteiger partial charge in [0.15, 0.2) is 0 Å². The molecule has 3 N–H and O–H groups in total. The molecule has 0 aromatic heterocycles. The van der Waals surface area contributed by atoms with Gasteiger partial charge in [-0.2, -0.15) is 0 Å². The maximum Gasteiger partial charge on any atom is 0.323 e. The second-order valence-corrected chi connectivity index (χ2v) is 5.22. The molecule has 0 aliphatic heterocycles. The van der Waals surface area contributed by atoms with Crippen LogP contribution in [-0.2, 0) is 9.53 Å². The monoisotopic (exact) mass is 215 g/mol. The van der Waals surface area contributed by atoms with Crippen molar-refractivity contribution in [2.75, 3.05) is 0 Å². The van der Waals surface area contributed by atoms with E-state index >= 15 is 0 Å². The first-order valence-corrected chi connectivity index (χ1v) is 5.48. The number of ether oxygens (including phenoxy) is 1. The predicted octanol–water partition coefficient (Wildman–Crippen LogP) is 0.816. The molecule has 0 heterocycles. The molecule has 4 heteroatoms. The zero-order valence-electron chi connectivity index (χ0n) is 9.69. The zero-order valence-corrected chi connectivity index (χ0v) is 9.69. The van der Waals surface area contributed by atoms with Gasteiger partial charge in [-0.3, -0.25) is 4.79 Å². The summed E-state index contributed by atoms with van der Waals surface area (Å²) in [6.07, 6.45) is 2.03.